The molecule has 0 radical (unpaired) electrons. The monoisotopic (exact) mass is 317 g/mol. The largest absolute Gasteiger partial charge is 0.493 e. The summed E-state index contributed by atoms with van der Waals surface area (Å²) in [5.74, 6) is 0.545. The highest BCUT2D eigenvalue weighted by atomic mass is 32.2. The number of benzene rings is 1. The second kappa shape index (κ2) is 8.34. The topological polar surface area (TPSA) is 55.4 Å². The Morgan fingerprint density at radius 1 is 1.33 bits per heavy atom. The van der Waals surface area contributed by atoms with Crippen LogP contribution in [0.4, 0.5) is 4.39 Å². The van der Waals surface area contributed by atoms with Crippen molar-refractivity contribution < 1.29 is 17.5 Å². The van der Waals surface area contributed by atoms with Gasteiger partial charge in [0.1, 0.15) is 21.4 Å². The van der Waals surface area contributed by atoms with Crippen molar-refractivity contribution in [1.82, 2.24) is 5.32 Å². The van der Waals surface area contributed by atoms with Crippen LogP contribution >= 0.6 is 0 Å². The van der Waals surface area contributed by atoms with Gasteiger partial charge in [0.25, 0.3) is 0 Å². The van der Waals surface area contributed by atoms with Gasteiger partial charge in [-0.1, -0.05) is 13.8 Å². The average Bonchev–Trinajstić information content (AvgIpc) is 2.45. The van der Waals surface area contributed by atoms with Gasteiger partial charge in [0.05, 0.1) is 12.4 Å². The van der Waals surface area contributed by atoms with Crippen molar-refractivity contribution in [1.29, 1.82) is 0 Å². The first-order chi connectivity index (χ1) is 9.89. The Morgan fingerprint density at radius 3 is 2.67 bits per heavy atom. The van der Waals surface area contributed by atoms with Crippen LogP contribution in [0.15, 0.2) is 18.2 Å². The van der Waals surface area contributed by atoms with Gasteiger partial charge in [-0.3, -0.25) is 0 Å². The summed E-state index contributed by atoms with van der Waals surface area (Å²) in [5.41, 5.74) is 0.746. The molecule has 0 spiro atoms. The van der Waals surface area contributed by atoms with Crippen molar-refractivity contribution >= 4 is 9.84 Å². The van der Waals surface area contributed by atoms with Crippen molar-refractivity contribution in [2.75, 3.05) is 24.7 Å². The van der Waals surface area contributed by atoms with Gasteiger partial charge in [-0.25, -0.2) is 12.8 Å². The number of ether oxygens (including phenoxy) is 1. The molecule has 6 heteroatoms. The highest BCUT2D eigenvalue weighted by Gasteiger charge is 2.13. The van der Waals surface area contributed by atoms with E-state index in [1.165, 1.54) is 12.1 Å². The van der Waals surface area contributed by atoms with Crippen molar-refractivity contribution in [3.05, 3.63) is 29.6 Å². The van der Waals surface area contributed by atoms with E-state index in [1.54, 1.807) is 13.0 Å². The summed E-state index contributed by atoms with van der Waals surface area (Å²) in [6.45, 7) is 6.62. The third-order valence-electron chi connectivity index (χ3n) is 3.25. The Balaban J connectivity index is 2.66. The van der Waals surface area contributed by atoms with E-state index in [2.05, 4.69) is 5.32 Å². The average molecular weight is 317 g/mol. The molecular weight excluding hydrogens is 293 g/mol. The molecule has 0 aliphatic rings. The summed E-state index contributed by atoms with van der Waals surface area (Å²) in [5, 5.41) is 3.21. The van der Waals surface area contributed by atoms with Gasteiger partial charge < -0.3 is 10.1 Å². The van der Waals surface area contributed by atoms with Crippen LogP contribution in [0.3, 0.4) is 0 Å². The lowest BCUT2D eigenvalue weighted by Gasteiger charge is -2.17. The van der Waals surface area contributed by atoms with Crippen LogP contribution < -0.4 is 10.1 Å². The molecule has 4 nitrogen and oxygen atoms in total. The fourth-order valence-electron chi connectivity index (χ4n) is 2.01. The molecule has 0 aliphatic carbocycles. The molecule has 0 fully saturated rings. The van der Waals surface area contributed by atoms with Crippen LogP contribution in [-0.2, 0) is 9.84 Å². The van der Waals surface area contributed by atoms with Gasteiger partial charge >= 0.3 is 0 Å². The molecule has 1 N–H and O–H groups in total. The third-order valence-corrected chi connectivity index (χ3v) is 5.04. The maximum Gasteiger partial charge on any atom is 0.150 e. The van der Waals surface area contributed by atoms with E-state index in [4.69, 9.17) is 4.74 Å². The highest BCUT2D eigenvalue weighted by molar-refractivity contribution is 7.91. The Kier molecular flexibility index (Phi) is 7.11. The van der Waals surface area contributed by atoms with E-state index in [0.29, 0.717) is 18.8 Å². The van der Waals surface area contributed by atoms with Gasteiger partial charge in [-0.2, -0.15) is 0 Å². The second-order valence-corrected chi connectivity index (χ2v) is 7.37. The van der Waals surface area contributed by atoms with E-state index in [9.17, 15) is 12.8 Å². The normalized spacial score (nSPS) is 13.1. The maximum atomic E-state index is 13.4. The van der Waals surface area contributed by atoms with E-state index < -0.39 is 9.84 Å². The quantitative estimate of drug-likeness (QED) is 0.712. The molecule has 0 saturated heterocycles. The van der Waals surface area contributed by atoms with Crippen molar-refractivity contribution in [3.63, 3.8) is 0 Å². The van der Waals surface area contributed by atoms with Gasteiger partial charge in [-0.15, -0.1) is 0 Å². The molecule has 0 amide bonds. The number of nitrogens with one attached hydrogen (secondary N) is 1. The Labute approximate surface area is 126 Å². The molecule has 0 aliphatic heterocycles. The first kappa shape index (κ1) is 17.9. The van der Waals surface area contributed by atoms with Gasteiger partial charge in [-0.05, 0) is 38.1 Å². The van der Waals surface area contributed by atoms with E-state index in [0.717, 1.165) is 12.1 Å². The van der Waals surface area contributed by atoms with Gasteiger partial charge in [0.2, 0.25) is 0 Å². The zero-order chi connectivity index (χ0) is 15.9. The molecule has 1 aromatic rings. The second-order valence-electron chi connectivity index (χ2n) is 4.90. The third kappa shape index (κ3) is 6.01. The zero-order valence-electron chi connectivity index (χ0n) is 12.9. The van der Waals surface area contributed by atoms with Crippen LogP contribution in [0.5, 0.6) is 5.75 Å². The molecule has 1 rings (SSSR count). The number of rotatable bonds is 9. The molecule has 1 unspecified atom stereocenters. The molecule has 0 heterocycles. The predicted molar refractivity (Wildman–Crippen MR) is 82.9 cm³/mol. The molecule has 21 heavy (non-hydrogen) atoms. The van der Waals surface area contributed by atoms with Gasteiger partial charge in [0, 0.05) is 17.4 Å². The number of hydrogen-bond acceptors (Lipinski definition) is 4. The number of halogens is 1. The van der Waals surface area contributed by atoms with E-state index >= 15 is 0 Å². The number of hydrogen-bond donors (Lipinski definition) is 1. The minimum atomic E-state index is -2.97. The smallest absolute Gasteiger partial charge is 0.150 e. The Bertz CT molecular complexity index is 546. The summed E-state index contributed by atoms with van der Waals surface area (Å²) in [4.78, 5) is 0. The minimum absolute atomic E-state index is 0.0277. The van der Waals surface area contributed by atoms with Crippen molar-refractivity contribution in [2.24, 2.45) is 0 Å². The van der Waals surface area contributed by atoms with Crippen LogP contribution in [0.2, 0.25) is 0 Å². The molecule has 120 valence electrons. The fourth-order valence-corrected chi connectivity index (χ4v) is 2.86. The Morgan fingerprint density at radius 2 is 2.05 bits per heavy atom. The van der Waals surface area contributed by atoms with Crippen molar-refractivity contribution in [2.45, 2.75) is 33.2 Å². The summed E-state index contributed by atoms with van der Waals surface area (Å²) < 4.78 is 41.8. The molecule has 0 bridgehead atoms. The summed E-state index contributed by atoms with van der Waals surface area (Å²) in [7, 11) is -2.97. The highest BCUT2D eigenvalue weighted by Crippen LogP contribution is 2.26. The SMILES string of the molecule is CCNC(C)c1cc(F)ccc1OCCCS(=O)(=O)CC. The zero-order valence-corrected chi connectivity index (χ0v) is 13.7. The standard InChI is InChI=1S/C15H24FNO3S/c1-4-17-12(3)14-11-13(16)7-8-15(14)20-9-6-10-21(18,19)5-2/h7-8,11-12,17H,4-6,9-10H2,1-3H3. The minimum Gasteiger partial charge on any atom is -0.493 e. The number of sulfone groups is 1. The van der Waals surface area contributed by atoms with Crippen molar-refractivity contribution in [3.8, 4) is 5.75 Å². The van der Waals surface area contributed by atoms with E-state index in [-0.39, 0.29) is 23.4 Å². The first-order valence-electron chi connectivity index (χ1n) is 7.25. The molecule has 0 aromatic heterocycles. The van der Waals surface area contributed by atoms with E-state index in [1.807, 2.05) is 13.8 Å². The molecule has 1 atom stereocenters. The molecule has 1 aromatic carbocycles. The summed E-state index contributed by atoms with van der Waals surface area (Å²) in [6, 6.07) is 4.36. The van der Waals surface area contributed by atoms with Gasteiger partial charge in [0.15, 0.2) is 0 Å². The van der Waals surface area contributed by atoms with Crippen LogP contribution in [0, 0.1) is 5.82 Å². The van der Waals surface area contributed by atoms with Crippen LogP contribution in [0.1, 0.15) is 38.8 Å². The van der Waals surface area contributed by atoms with Crippen LogP contribution in [-0.4, -0.2) is 33.1 Å². The molecule has 0 saturated carbocycles. The lowest BCUT2D eigenvalue weighted by Crippen LogP contribution is -2.19. The van der Waals surface area contributed by atoms with Crippen LogP contribution in [0.25, 0.3) is 0 Å². The Hall–Kier alpha value is -1.14. The summed E-state index contributed by atoms with van der Waals surface area (Å²) in [6.07, 6.45) is 0.433. The first-order valence-corrected chi connectivity index (χ1v) is 9.07. The lowest BCUT2D eigenvalue weighted by molar-refractivity contribution is 0.310. The molecular formula is C15H24FNO3S. The summed E-state index contributed by atoms with van der Waals surface area (Å²) >= 11 is 0. The fraction of sp³-hybridized carbons (Fsp3) is 0.600. The lowest BCUT2D eigenvalue weighted by atomic mass is 10.1. The predicted octanol–water partition coefficient (Wildman–Crippen LogP) is 2.70. The maximum absolute atomic E-state index is 13.4.